The van der Waals surface area contributed by atoms with Crippen LogP contribution >= 0.6 is 11.8 Å². The number of nitrogens with zero attached hydrogens (tertiary/aromatic N) is 4. The first-order valence-corrected chi connectivity index (χ1v) is 8.92. The highest BCUT2D eigenvalue weighted by atomic mass is 32.2. The number of nitrogen functional groups attached to an aromatic ring is 1. The Labute approximate surface area is 159 Å². The van der Waals surface area contributed by atoms with E-state index in [2.05, 4.69) is 10.2 Å². The van der Waals surface area contributed by atoms with Crippen molar-refractivity contribution in [3.8, 4) is 22.9 Å². The summed E-state index contributed by atoms with van der Waals surface area (Å²) in [5.41, 5.74) is 0.734. The summed E-state index contributed by atoms with van der Waals surface area (Å²) in [4.78, 5) is 10.3. The van der Waals surface area contributed by atoms with Gasteiger partial charge in [0, 0.05) is 11.8 Å². The van der Waals surface area contributed by atoms with E-state index < -0.39 is 4.92 Å². The lowest BCUT2D eigenvalue weighted by atomic mass is 10.2. The number of hydrogen-bond acceptors (Lipinski definition) is 8. The first kappa shape index (κ1) is 18.5. The van der Waals surface area contributed by atoms with Crippen LogP contribution in [0.4, 0.5) is 5.69 Å². The quantitative estimate of drug-likeness (QED) is 0.206. The number of rotatable bonds is 8. The SMILES string of the molecule is COc1ccccc1-c1nnc(SCCOc2cccc([N+](=O)[O-])c2)n1N. The summed E-state index contributed by atoms with van der Waals surface area (Å²) in [5.74, 6) is 8.24. The number of nitro groups is 1. The molecular formula is C17H17N5O4S. The minimum atomic E-state index is -0.460. The fourth-order valence-electron chi connectivity index (χ4n) is 2.37. The molecule has 0 aliphatic carbocycles. The van der Waals surface area contributed by atoms with Crippen molar-refractivity contribution >= 4 is 17.4 Å². The highest BCUT2D eigenvalue weighted by molar-refractivity contribution is 7.99. The zero-order valence-corrected chi connectivity index (χ0v) is 15.3. The molecule has 0 aliphatic heterocycles. The van der Waals surface area contributed by atoms with Crippen molar-refractivity contribution in [1.29, 1.82) is 0 Å². The van der Waals surface area contributed by atoms with Gasteiger partial charge < -0.3 is 15.3 Å². The number of nitrogens with two attached hydrogens (primary N) is 1. The van der Waals surface area contributed by atoms with Crippen LogP contribution < -0.4 is 15.3 Å². The van der Waals surface area contributed by atoms with Crippen LogP contribution in [0, 0.1) is 10.1 Å². The molecule has 3 rings (SSSR count). The van der Waals surface area contributed by atoms with Gasteiger partial charge in [-0.05, 0) is 18.2 Å². The highest BCUT2D eigenvalue weighted by Gasteiger charge is 2.15. The second-order valence-corrected chi connectivity index (χ2v) is 6.39. The molecule has 9 nitrogen and oxygen atoms in total. The average molecular weight is 387 g/mol. The molecule has 1 heterocycles. The van der Waals surface area contributed by atoms with Crippen molar-refractivity contribution < 1.29 is 14.4 Å². The predicted molar refractivity (Wildman–Crippen MR) is 101 cm³/mol. The standard InChI is InChI=1S/C17H17N5O4S/c1-25-15-8-3-2-7-14(15)16-19-20-17(21(16)18)27-10-9-26-13-6-4-5-12(11-13)22(23)24/h2-8,11H,9-10,18H2,1H3. The lowest BCUT2D eigenvalue weighted by Crippen LogP contribution is -2.12. The van der Waals surface area contributed by atoms with Gasteiger partial charge in [0.2, 0.25) is 5.16 Å². The van der Waals surface area contributed by atoms with E-state index in [1.54, 1.807) is 19.2 Å². The van der Waals surface area contributed by atoms with E-state index in [0.717, 1.165) is 5.56 Å². The largest absolute Gasteiger partial charge is 0.496 e. The summed E-state index contributed by atoms with van der Waals surface area (Å²) < 4.78 is 12.3. The molecule has 0 fully saturated rings. The third kappa shape index (κ3) is 4.29. The minimum Gasteiger partial charge on any atom is -0.496 e. The Hall–Kier alpha value is -3.27. The number of benzene rings is 2. The number of methoxy groups -OCH3 is 1. The molecule has 0 saturated heterocycles. The first-order chi connectivity index (χ1) is 13.1. The number of aromatic nitrogens is 3. The van der Waals surface area contributed by atoms with Gasteiger partial charge in [-0.15, -0.1) is 10.2 Å². The number of hydrogen-bond donors (Lipinski definition) is 1. The summed E-state index contributed by atoms with van der Waals surface area (Å²) in [6, 6.07) is 13.5. The molecule has 10 heteroatoms. The molecular weight excluding hydrogens is 370 g/mol. The van der Waals surface area contributed by atoms with Gasteiger partial charge in [-0.25, -0.2) is 4.68 Å². The molecule has 0 amide bonds. The van der Waals surface area contributed by atoms with Gasteiger partial charge >= 0.3 is 0 Å². The Morgan fingerprint density at radius 3 is 2.81 bits per heavy atom. The third-order valence-corrected chi connectivity index (χ3v) is 4.53. The molecule has 0 radical (unpaired) electrons. The monoisotopic (exact) mass is 387 g/mol. The molecule has 140 valence electrons. The van der Waals surface area contributed by atoms with Crippen molar-refractivity contribution in [2.24, 2.45) is 0 Å². The maximum Gasteiger partial charge on any atom is 0.273 e. The second kappa shape index (κ2) is 8.41. The molecule has 27 heavy (non-hydrogen) atoms. The van der Waals surface area contributed by atoms with Crippen LogP contribution in [0.5, 0.6) is 11.5 Å². The van der Waals surface area contributed by atoms with Crippen LogP contribution in [-0.4, -0.2) is 39.3 Å². The second-order valence-electron chi connectivity index (χ2n) is 5.33. The van der Waals surface area contributed by atoms with Crippen LogP contribution in [0.25, 0.3) is 11.4 Å². The lowest BCUT2D eigenvalue weighted by Gasteiger charge is -2.08. The smallest absolute Gasteiger partial charge is 0.273 e. The number of thioether (sulfide) groups is 1. The van der Waals surface area contributed by atoms with E-state index in [9.17, 15) is 10.1 Å². The van der Waals surface area contributed by atoms with Crippen molar-refractivity contribution in [3.05, 3.63) is 58.6 Å². The van der Waals surface area contributed by atoms with E-state index in [1.807, 2.05) is 24.3 Å². The maximum atomic E-state index is 10.8. The van der Waals surface area contributed by atoms with Gasteiger partial charge in [-0.1, -0.05) is 30.0 Å². The van der Waals surface area contributed by atoms with Gasteiger partial charge in [-0.2, -0.15) is 0 Å². The van der Waals surface area contributed by atoms with Crippen LogP contribution in [0.2, 0.25) is 0 Å². The molecule has 3 aromatic rings. The Morgan fingerprint density at radius 1 is 1.22 bits per heavy atom. The van der Waals surface area contributed by atoms with E-state index in [1.165, 1.54) is 28.6 Å². The molecule has 0 aliphatic rings. The van der Waals surface area contributed by atoms with Crippen molar-refractivity contribution in [1.82, 2.24) is 14.9 Å². The fraction of sp³-hybridized carbons (Fsp3) is 0.176. The molecule has 1 aromatic heterocycles. The van der Waals surface area contributed by atoms with Gasteiger partial charge in [0.05, 0.1) is 30.3 Å². The van der Waals surface area contributed by atoms with Crippen LogP contribution in [0.3, 0.4) is 0 Å². The van der Waals surface area contributed by atoms with Crippen LogP contribution in [0.1, 0.15) is 0 Å². The molecule has 0 saturated carbocycles. The minimum absolute atomic E-state index is 0.0108. The Morgan fingerprint density at radius 2 is 2.04 bits per heavy atom. The van der Waals surface area contributed by atoms with Gasteiger partial charge in [0.1, 0.15) is 11.5 Å². The molecule has 0 bridgehead atoms. The normalized spacial score (nSPS) is 10.6. The molecule has 0 unspecified atom stereocenters. The van der Waals surface area contributed by atoms with Gasteiger partial charge in [0.15, 0.2) is 5.82 Å². The number of ether oxygens (including phenoxy) is 2. The average Bonchev–Trinajstić information content (AvgIpc) is 3.05. The Kier molecular flexibility index (Phi) is 5.77. The Balaban J connectivity index is 1.60. The zero-order chi connectivity index (χ0) is 19.2. The summed E-state index contributed by atoms with van der Waals surface area (Å²) in [6.45, 7) is 0.336. The fourth-order valence-corrected chi connectivity index (χ4v) is 3.04. The van der Waals surface area contributed by atoms with Crippen molar-refractivity contribution in [3.63, 3.8) is 0 Å². The van der Waals surface area contributed by atoms with Crippen molar-refractivity contribution in [2.75, 3.05) is 25.3 Å². The summed E-state index contributed by atoms with van der Waals surface area (Å²) in [6.07, 6.45) is 0. The summed E-state index contributed by atoms with van der Waals surface area (Å²) >= 11 is 1.37. The number of para-hydroxylation sites is 1. The van der Waals surface area contributed by atoms with Gasteiger partial charge in [-0.3, -0.25) is 10.1 Å². The zero-order valence-electron chi connectivity index (χ0n) is 14.4. The summed E-state index contributed by atoms with van der Waals surface area (Å²) in [5, 5.41) is 19.5. The summed E-state index contributed by atoms with van der Waals surface area (Å²) in [7, 11) is 1.58. The highest BCUT2D eigenvalue weighted by Crippen LogP contribution is 2.29. The first-order valence-electron chi connectivity index (χ1n) is 7.94. The lowest BCUT2D eigenvalue weighted by molar-refractivity contribution is -0.384. The number of non-ortho nitro benzene ring substituents is 1. The molecule has 0 spiro atoms. The predicted octanol–water partition coefficient (Wildman–Crippen LogP) is 2.75. The van der Waals surface area contributed by atoms with E-state index in [0.29, 0.717) is 34.8 Å². The van der Waals surface area contributed by atoms with Crippen LogP contribution in [-0.2, 0) is 0 Å². The van der Waals surface area contributed by atoms with E-state index in [4.69, 9.17) is 15.3 Å². The molecule has 2 N–H and O–H groups in total. The van der Waals surface area contributed by atoms with Crippen LogP contribution in [0.15, 0.2) is 53.7 Å². The topological polar surface area (TPSA) is 118 Å². The molecule has 0 atom stereocenters. The Bertz CT molecular complexity index is 947. The van der Waals surface area contributed by atoms with E-state index >= 15 is 0 Å². The van der Waals surface area contributed by atoms with Gasteiger partial charge in [0.25, 0.3) is 5.69 Å². The number of nitro benzene ring substituents is 1. The van der Waals surface area contributed by atoms with E-state index in [-0.39, 0.29) is 5.69 Å². The third-order valence-electron chi connectivity index (χ3n) is 3.62. The molecule has 2 aromatic carbocycles. The maximum absolute atomic E-state index is 10.8. The van der Waals surface area contributed by atoms with Crippen molar-refractivity contribution in [2.45, 2.75) is 5.16 Å².